The van der Waals surface area contributed by atoms with Crippen molar-refractivity contribution in [1.29, 1.82) is 0 Å². The molecule has 2 heterocycles. The van der Waals surface area contributed by atoms with Gasteiger partial charge in [-0.05, 0) is 42.9 Å². The van der Waals surface area contributed by atoms with E-state index in [2.05, 4.69) is 39.8 Å². The van der Waals surface area contributed by atoms with Crippen molar-refractivity contribution in [2.75, 3.05) is 26.1 Å². The molecule has 4 aromatic rings. The molecule has 14 heteroatoms. The Kier molecular flexibility index (Phi) is 21.7. The number of nitrogen functional groups attached to an aromatic ring is 1. The van der Waals surface area contributed by atoms with Crippen LogP contribution in [0, 0.1) is 24.3 Å². The van der Waals surface area contributed by atoms with Gasteiger partial charge in [0.15, 0.2) is 17.1 Å². The van der Waals surface area contributed by atoms with Gasteiger partial charge in [0, 0.05) is 20.1 Å². The number of aromatic nitrogens is 4. The number of esters is 1. The van der Waals surface area contributed by atoms with Crippen molar-refractivity contribution in [3.05, 3.63) is 78.6 Å². The average molecular weight is 863 g/mol. The number of benzene rings is 2. The first-order chi connectivity index (χ1) is 29.6. The number of para-hydroxylation sites is 1. The largest absolute Gasteiger partial charge is 0.464 e. The molecule has 334 valence electrons. The maximum Gasteiger partial charge on any atom is 0.459 e. The highest BCUT2D eigenvalue weighted by Crippen LogP contribution is 2.46. The number of nitrogens with zero attached hydrogens (tertiary/aromatic N) is 4. The van der Waals surface area contributed by atoms with Gasteiger partial charge in [0.05, 0.1) is 19.5 Å². The lowest BCUT2D eigenvalue weighted by Gasteiger charge is -2.30. The van der Waals surface area contributed by atoms with E-state index < -0.39 is 38.0 Å². The lowest BCUT2D eigenvalue weighted by molar-refractivity contribution is -0.147. The maximum atomic E-state index is 14.9. The Hall–Kier alpha value is -4.34. The number of carbonyl (C=O) groups excluding carboxylic acids is 1. The first-order valence-corrected chi connectivity index (χ1v) is 23.8. The van der Waals surface area contributed by atoms with Gasteiger partial charge in [-0.25, -0.2) is 9.55 Å². The van der Waals surface area contributed by atoms with E-state index in [0.29, 0.717) is 0 Å². The van der Waals surface area contributed by atoms with E-state index >= 15 is 0 Å². The molecular formula is C47H68FN6O6P. The van der Waals surface area contributed by atoms with Gasteiger partial charge >= 0.3 is 19.8 Å². The molecule has 3 atom stereocenters. The lowest BCUT2D eigenvalue weighted by Crippen LogP contribution is -2.42. The third-order valence-electron chi connectivity index (χ3n) is 11.1. The quantitative estimate of drug-likeness (QED) is 0.0159. The van der Waals surface area contributed by atoms with Crippen LogP contribution in [-0.4, -0.2) is 57.5 Å². The van der Waals surface area contributed by atoms with E-state index in [0.717, 1.165) is 31.2 Å². The van der Waals surface area contributed by atoms with Gasteiger partial charge in [-0.2, -0.15) is 19.4 Å². The van der Waals surface area contributed by atoms with Crippen molar-refractivity contribution in [2.24, 2.45) is 5.92 Å². The fourth-order valence-electron chi connectivity index (χ4n) is 7.32. The number of halogens is 1. The van der Waals surface area contributed by atoms with Crippen LogP contribution in [0.1, 0.15) is 129 Å². The smallest absolute Gasteiger partial charge is 0.459 e. The average Bonchev–Trinajstić information content (AvgIpc) is 3.68. The van der Waals surface area contributed by atoms with Crippen LogP contribution < -0.4 is 15.3 Å². The minimum absolute atomic E-state index is 0.0925. The minimum Gasteiger partial charge on any atom is -0.464 e. The molecule has 12 nitrogen and oxygen atoms in total. The number of anilines is 1. The van der Waals surface area contributed by atoms with Gasteiger partial charge in [-0.1, -0.05) is 158 Å². The molecule has 0 amide bonds. The number of carbonyl (C=O) groups is 1. The molecular weight excluding hydrogens is 795 g/mol. The molecule has 0 aliphatic heterocycles. The van der Waals surface area contributed by atoms with Crippen LogP contribution in [0.2, 0.25) is 0 Å². The first kappa shape index (κ1) is 49.3. The van der Waals surface area contributed by atoms with Gasteiger partial charge in [0.1, 0.15) is 17.3 Å². The third-order valence-corrected chi connectivity index (χ3v) is 12.6. The SMILES string of the molecule is C#CC(CCn1cnc2c(N)nc(F)nc21)(COP(=O)(N[C@@H](Cc1ccccc1)C(=O)OCC(CCCCCCCCC)CCCCCCCCC)Oc1ccccc1)OC. The molecule has 4 rings (SSSR count). The monoisotopic (exact) mass is 862 g/mol. The topological polar surface area (TPSA) is 153 Å². The zero-order valence-electron chi connectivity index (χ0n) is 36.6. The third kappa shape index (κ3) is 17.2. The van der Waals surface area contributed by atoms with Gasteiger partial charge in [-0.15, -0.1) is 6.42 Å². The fraction of sp³-hybridized carbons (Fsp3) is 0.574. The standard InChI is InChI=1S/C47H68FN6O6P/c1-5-8-10-12-14-16-20-28-39(29-21-17-15-13-11-9-6-2)35-58-45(55)41(34-38-26-22-18-23-27-38)53-61(56,60-40-30-24-19-25-31-40)59-36-47(7-3,57-4)32-33-54-37-50-42-43(49)51-46(48)52-44(42)54/h3,18-19,22-27,30-31,37,39,41H,5-6,8-17,20-21,28-29,32-36H2,1-2,4H3,(H,53,56)(H2,49,51,52)/t41-,47?,61?/m0/s1. The summed E-state index contributed by atoms with van der Waals surface area (Å²) >= 11 is 0. The Bertz CT molecular complexity index is 1930. The Balaban J connectivity index is 1.51. The Morgan fingerprint density at radius 3 is 2.08 bits per heavy atom. The van der Waals surface area contributed by atoms with Crippen molar-refractivity contribution in [1.82, 2.24) is 24.6 Å². The van der Waals surface area contributed by atoms with E-state index in [9.17, 15) is 13.8 Å². The van der Waals surface area contributed by atoms with Gasteiger partial charge in [0.25, 0.3) is 0 Å². The zero-order chi connectivity index (χ0) is 43.8. The van der Waals surface area contributed by atoms with E-state index in [-0.39, 0.29) is 54.6 Å². The second-order valence-corrected chi connectivity index (χ2v) is 17.6. The van der Waals surface area contributed by atoms with Crippen LogP contribution in [-0.2, 0) is 36.3 Å². The number of methoxy groups -OCH3 is 1. The molecule has 0 saturated heterocycles. The highest BCUT2D eigenvalue weighted by molar-refractivity contribution is 7.52. The van der Waals surface area contributed by atoms with Crippen LogP contribution in [0.5, 0.6) is 5.75 Å². The molecule has 0 radical (unpaired) electrons. The zero-order valence-corrected chi connectivity index (χ0v) is 37.5. The van der Waals surface area contributed by atoms with E-state index in [1.807, 2.05) is 30.3 Å². The van der Waals surface area contributed by atoms with Gasteiger partial charge in [0.2, 0.25) is 0 Å². The van der Waals surface area contributed by atoms with Crippen molar-refractivity contribution in [2.45, 2.75) is 148 Å². The molecule has 0 aliphatic rings. The highest BCUT2D eigenvalue weighted by atomic mass is 31.2. The molecule has 3 N–H and O–H groups in total. The number of aryl methyl sites for hydroxylation is 1. The molecule has 61 heavy (non-hydrogen) atoms. The second kappa shape index (κ2) is 26.9. The van der Waals surface area contributed by atoms with E-state index in [4.69, 9.17) is 30.7 Å². The second-order valence-electron chi connectivity index (χ2n) is 15.9. The minimum atomic E-state index is -4.39. The molecule has 0 aliphatic carbocycles. The number of terminal acetylenes is 1. The van der Waals surface area contributed by atoms with E-state index in [1.165, 1.54) is 90.5 Å². The Morgan fingerprint density at radius 1 is 0.902 bits per heavy atom. The van der Waals surface area contributed by atoms with Crippen LogP contribution in [0.4, 0.5) is 10.2 Å². The summed E-state index contributed by atoms with van der Waals surface area (Å²) in [7, 11) is -2.98. The molecule has 2 unspecified atom stereocenters. The summed E-state index contributed by atoms with van der Waals surface area (Å²) in [6, 6.07) is 16.9. The fourth-order valence-corrected chi connectivity index (χ4v) is 8.86. The number of rotatable bonds is 32. The molecule has 0 fully saturated rings. The predicted octanol–water partition coefficient (Wildman–Crippen LogP) is 10.8. The summed E-state index contributed by atoms with van der Waals surface area (Å²) < 4.78 is 54.8. The number of hydrogen-bond donors (Lipinski definition) is 2. The number of ether oxygens (including phenoxy) is 2. The maximum absolute atomic E-state index is 14.9. The molecule has 2 aromatic heterocycles. The summed E-state index contributed by atoms with van der Waals surface area (Å²) in [6.07, 6.45) is 25.8. The van der Waals surface area contributed by atoms with Crippen molar-refractivity contribution >= 4 is 30.7 Å². The lowest BCUT2D eigenvalue weighted by atomic mass is 9.94. The van der Waals surface area contributed by atoms with Gasteiger partial charge in [-0.3, -0.25) is 9.32 Å². The molecule has 2 aromatic carbocycles. The summed E-state index contributed by atoms with van der Waals surface area (Å²) in [5, 5.41) is 2.96. The molecule has 0 saturated carbocycles. The van der Waals surface area contributed by atoms with E-state index in [1.54, 1.807) is 34.9 Å². The van der Waals surface area contributed by atoms with Crippen molar-refractivity contribution in [3.8, 4) is 18.1 Å². The number of nitrogens with two attached hydrogens (primary N) is 1. The van der Waals surface area contributed by atoms with Crippen LogP contribution in [0.15, 0.2) is 67.0 Å². The Labute approximate surface area is 362 Å². The highest BCUT2D eigenvalue weighted by Gasteiger charge is 2.39. The number of nitrogens with one attached hydrogen (secondary N) is 1. The van der Waals surface area contributed by atoms with Crippen molar-refractivity contribution in [3.63, 3.8) is 0 Å². The molecule has 0 spiro atoms. The van der Waals surface area contributed by atoms with Crippen LogP contribution in [0.25, 0.3) is 11.2 Å². The van der Waals surface area contributed by atoms with Crippen LogP contribution in [0.3, 0.4) is 0 Å². The number of hydrogen-bond acceptors (Lipinski definition) is 10. The summed E-state index contributed by atoms with van der Waals surface area (Å²) in [6.45, 7) is 4.50. The summed E-state index contributed by atoms with van der Waals surface area (Å²) in [5.74, 6) is 2.47. The number of imidazole rings is 1. The normalized spacial score (nSPS) is 14.0. The van der Waals surface area contributed by atoms with Gasteiger partial charge < -0.3 is 24.3 Å². The number of fused-ring (bicyclic) bond motifs is 1. The first-order valence-electron chi connectivity index (χ1n) is 22.3. The van der Waals surface area contributed by atoms with Crippen LogP contribution >= 0.6 is 7.75 Å². The predicted molar refractivity (Wildman–Crippen MR) is 240 cm³/mol. The summed E-state index contributed by atoms with van der Waals surface area (Å²) in [5.41, 5.74) is 5.67. The van der Waals surface area contributed by atoms with Crippen molar-refractivity contribution < 1.29 is 32.3 Å². The summed E-state index contributed by atoms with van der Waals surface area (Å²) in [4.78, 5) is 25.8. The number of unbranched alkanes of at least 4 members (excludes halogenated alkanes) is 12. The Morgan fingerprint density at radius 2 is 1.49 bits per heavy atom. The molecule has 0 bridgehead atoms.